The summed E-state index contributed by atoms with van der Waals surface area (Å²) >= 11 is 0. The van der Waals surface area contributed by atoms with Crippen molar-refractivity contribution in [1.82, 2.24) is 0 Å². The molecule has 366 valence electrons. The van der Waals surface area contributed by atoms with Gasteiger partial charge in [-0.25, -0.2) is 14.4 Å². The van der Waals surface area contributed by atoms with Crippen molar-refractivity contribution in [2.24, 2.45) is 50.2 Å². The number of aliphatic hydroxyl groups excluding tert-OH is 3. The summed E-state index contributed by atoms with van der Waals surface area (Å²) in [5.41, 5.74) is -0.0345. The van der Waals surface area contributed by atoms with Crippen LogP contribution in [0.4, 0.5) is 0 Å². The van der Waals surface area contributed by atoms with Crippen LogP contribution in [0.15, 0.2) is 121 Å². The highest BCUT2D eigenvalue weighted by Gasteiger charge is 2.73. The lowest BCUT2D eigenvalue weighted by atomic mass is 9.33. The second-order valence-electron chi connectivity index (χ2n) is 21.6. The van der Waals surface area contributed by atoms with E-state index in [0.717, 1.165) is 42.4 Å². The quantitative estimate of drug-likeness (QED) is 0.0742. The number of carbonyl (C=O) groups is 3. The third kappa shape index (κ3) is 9.11. The molecule has 0 heterocycles. The summed E-state index contributed by atoms with van der Waals surface area (Å²) in [6.45, 7) is 12.8. The van der Waals surface area contributed by atoms with Gasteiger partial charge in [-0.2, -0.15) is 0 Å². The molecular weight excluding hydrogens is 853 g/mol. The highest BCUT2D eigenvalue weighted by atomic mass is 16.6. The monoisotopic (exact) mass is 929 g/mol. The molecule has 9 heteroatoms. The van der Waals surface area contributed by atoms with Gasteiger partial charge < -0.3 is 29.5 Å². The van der Waals surface area contributed by atoms with Gasteiger partial charge >= 0.3 is 17.9 Å². The average molecular weight is 929 g/mol. The molecule has 0 spiro atoms. The predicted octanol–water partition coefficient (Wildman–Crippen LogP) is 11.1. The largest absolute Gasteiger partial charge is 0.462 e. The van der Waals surface area contributed by atoms with Crippen LogP contribution in [0, 0.1) is 50.2 Å². The van der Waals surface area contributed by atoms with Gasteiger partial charge in [0.15, 0.2) is 0 Å². The summed E-state index contributed by atoms with van der Waals surface area (Å²) in [5, 5.41) is 36.4. The third-order valence-electron chi connectivity index (χ3n) is 17.8. The van der Waals surface area contributed by atoms with E-state index in [9.17, 15) is 29.7 Å². The third-order valence-corrected chi connectivity index (χ3v) is 17.8. The van der Waals surface area contributed by atoms with Gasteiger partial charge in [0.05, 0.1) is 18.1 Å². The first-order chi connectivity index (χ1) is 31.4. The number of hydrogen-bond acceptors (Lipinski definition) is 9. The van der Waals surface area contributed by atoms with E-state index < -0.39 is 70.6 Å². The predicted molar refractivity (Wildman–Crippen MR) is 269 cm³/mol. The molecule has 3 aromatic rings. The van der Waals surface area contributed by atoms with Crippen LogP contribution < -0.4 is 0 Å². The van der Waals surface area contributed by atoms with E-state index in [2.05, 4.69) is 33.8 Å². The maximum Gasteiger partial charge on any atom is 0.331 e. The fourth-order valence-electron chi connectivity index (χ4n) is 14.1. The fourth-order valence-corrected chi connectivity index (χ4v) is 14.1. The summed E-state index contributed by atoms with van der Waals surface area (Å²) in [6, 6.07) is 28.7. The van der Waals surface area contributed by atoms with E-state index in [4.69, 9.17) is 14.2 Å². The van der Waals surface area contributed by atoms with Crippen molar-refractivity contribution in [2.45, 2.75) is 126 Å². The van der Waals surface area contributed by atoms with Gasteiger partial charge in [0.2, 0.25) is 0 Å². The highest BCUT2D eigenvalue weighted by Crippen LogP contribution is 2.76. The van der Waals surface area contributed by atoms with Gasteiger partial charge in [-0.05, 0) is 114 Å². The van der Waals surface area contributed by atoms with Gasteiger partial charge in [0.1, 0.15) is 24.9 Å². The lowest BCUT2D eigenvalue weighted by molar-refractivity contribution is -0.263. The van der Waals surface area contributed by atoms with Gasteiger partial charge in [-0.1, -0.05) is 159 Å². The van der Waals surface area contributed by atoms with E-state index in [-0.39, 0.29) is 50.0 Å². The first-order valence-electron chi connectivity index (χ1n) is 23.9. The Labute approximate surface area is 405 Å². The van der Waals surface area contributed by atoms with E-state index in [0.29, 0.717) is 19.3 Å². The normalized spacial score (nSPS) is 35.8. The minimum absolute atomic E-state index is 0. The van der Waals surface area contributed by atoms with Crippen LogP contribution in [-0.2, 0) is 28.6 Å². The molecule has 0 bridgehead atoms. The smallest absolute Gasteiger partial charge is 0.331 e. The molecule has 3 unspecified atom stereocenters. The summed E-state index contributed by atoms with van der Waals surface area (Å²) in [6.07, 6.45) is 12.5. The number of hydrogen-bond donors (Lipinski definition) is 3. The van der Waals surface area contributed by atoms with Crippen LogP contribution in [-0.4, -0.2) is 70.9 Å². The van der Waals surface area contributed by atoms with Gasteiger partial charge in [0.25, 0.3) is 0 Å². The van der Waals surface area contributed by atoms with Crippen molar-refractivity contribution < 1.29 is 43.9 Å². The number of benzene rings is 3. The number of rotatable bonds is 11. The standard InChI is InChI=1S/C57H68O9.2CH4/c1-52(2)34-42-41-25-26-44-53(3)32-31-46(65-48(61)28-23-39-18-12-8-13-19-39)54(4,37-64-47(60)27-22-38-16-10-7-11-17-38)43(53)30-33-55(44,5)56(41,6)35-45(59)57(42,36-58)50(63)51(52)66-49(62)29-24-40-20-14-9-15-21-40;;/h7-25,27-29,42-46,50-51,58-59,63H,26,30-37H2,1-6H3;2*1H4/b27-22+,28-23+,29-24+;;/t42?,43?,44?,45-,46+,50+,51+,53+,54-,55-,56-,57+;;/m1../s1. The molecule has 4 fully saturated rings. The van der Waals surface area contributed by atoms with Crippen molar-refractivity contribution in [3.63, 3.8) is 0 Å². The molecule has 0 aliphatic heterocycles. The van der Waals surface area contributed by atoms with E-state index in [1.54, 1.807) is 18.2 Å². The topological polar surface area (TPSA) is 140 Å². The maximum absolute atomic E-state index is 13.6. The molecule has 0 amide bonds. The zero-order chi connectivity index (χ0) is 47.1. The van der Waals surface area contributed by atoms with Crippen LogP contribution in [0.1, 0.15) is 118 Å². The van der Waals surface area contributed by atoms with Gasteiger partial charge in [-0.3, -0.25) is 0 Å². The lowest BCUT2D eigenvalue weighted by Gasteiger charge is -2.72. The lowest BCUT2D eigenvalue weighted by Crippen LogP contribution is -2.72. The summed E-state index contributed by atoms with van der Waals surface area (Å²) in [5.74, 6) is -1.68. The molecule has 8 rings (SSSR count). The van der Waals surface area contributed by atoms with Crippen molar-refractivity contribution >= 4 is 36.1 Å². The Morgan fingerprint density at radius 2 is 1.18 bits per heavy atom. The first-order valence-corrected chi connectivity index (χ1v) is 23.9. The van der Waals surface area contributed by atoms with Crippen molar-refractivity contribution in [1.29, 1.82) is 0 Å². The number of fused-ring (bicyclic) bond motifs is 7. The Morgan fingerprint density at radius 1 is 0.662 bits per heavy atom. The Kier molecular flexibility index (Phi) is 15.5. The second kappa shape index (κ2) is 20.1. The Bertz CT molecular complexity index is 2370. The van der Waals surface area contributed by atoms with Crippen LogP contribution in [0.2, 0.25) is 0 Å². The SMILES string of the molecule is C.C.CC1(C)CC2C3=CCC4[C@@]5(C)CC[C@H](OC(=O)/C=C/c6ccccc6)[C@](C)(COC(=O)/C=C/c6ccccc6)C5CC[C@@]4(C)[C@]3(C)C[C@@H](O)[C@@]2(CO)[C@@H](O)[C@@H]1OC(=O)/C=C/c1ccccc1. The first kappa shape index (κ1) is 52.3. The molecule has 5 aliphatic rings. The van der Waals surface area contributed by atoms with Gasteiger partial charge in [0, 0.05) is 29.1 Å². The Balaban J connectivity index is 0.00000381. The molecular formula is C59H76O9. The average Bonchev–Trinajstić information content (AvgIpc) is 3.30. The zero-order valence-corrected chi connectivity index (χ0v) is 39.4. The molecule has 9 nitrogen and oxygen atoms in total. The number of carbonyl (C=O) groups excluding carboxylic acids is 3. The summed E-state index contributed by atoms with van der Waals surface area (Å²) in [7, 11) is 0. The molecule has 68 heavy (non-hydrogen) atoms. The molecule has 3 aromatic carbocycles. The zero-order valence-electron chi connectivity index (χ0n) is 39.4. The maximum atomic E-state index is 13.6. The molecule has 0 aromatic heterocycles. The Morgan fingerprint density at radius 3 is 1.71 bits per heavy atom. The molecule has 0 saturated heterocycles. The summed E-state index contributed by atoms with van der Waals surface area (Å²) < 4.78 is 18.6. The number of ether oxygens (including phenoxy) is 3. The van der Waals surface area contributed by atoms with E-state index >= 15 is 0 Å². The molecule has 12 atom stereocenters. The minimum Gasteiger partial charge on any atom is -0.462 e. The molecule has 3 N–H and O–H groups in total. The molecule has 5 aliphatic carbocycles. The molecule has 0 radical (unpaired) electrons. The number of esters is 3. The van der Waals surface area contributed by atoms with Crippen LogP contribution in [0.3, 0.4) is 0 Å². The second-order valence-corrected chi connectivity index (χ2v) is 21.6. The Hall–Kier alpha value is -5.09. The fraction of sp³-hybridized carbons (Fsp3) is 0.508. The van der Waals surface area contributed by atoms with Crippen LogP contribution >= 0.6 is 0 Å². The highest BCUT2D eigenvalue weighted by molar-refractivity contribution is 5.88. The van der Waals surface area contributed by atoms with Crippen molar-refractivity contribution in [2.75, 3.05) is 13.2 Å². The van der Waals surface area contributed by atoms with Crippen LogP contribution in [0.25, 0.3) is 18.2 Å². The minimum atomic E-state index is -1.34. The summed E-state index contributed by atoms with van der Waals surface area (Å²) in [4.78, 5) is 40.3. The van der Waals surface area contributed by atoms with E-state index in [1.165, 1.54) is 23.8 Å². The van der Waals surface area contributed by atoms with Crippen molar-refractivity contribution in [3.05, 3.63) is 138 Å². The van der Waals surface area contributed by atoms with Crippen LogP contribution in [0.5, 0.6) is 0 Å². The van der Waals surface area contributed by atoms with Crippen molar-refractivity contribution in [3.8, 4) is 0 Å². The van der Waals surface area contributed by atoms with E-state index in [1.807, 2.05) is 105 Å². The molecule has 4 saturated carbocycles. The number of allylic oxidation sites excluding steroid dienone is 2. The van der Waals surface area contributed by atoms with Gasteiger partial charge in [-0.15, -0.1) is 0 Å². The number of aliphatic hydroxyl groups is 3.